The second kappa shape index (κ2) is 7.31. The molecule has 0 aliphatic heterocycles. The Hall–Kier alpha value is -0.324. The van der Waals surface area contributed by atoms with Gasteiger partial charge in [0.25, 0.3) is 0 Å². The van der Waals surface area contributed by atoms with Gasteiger partial charge in [-0.15, -0.1) is 0 Å². The van der Waals surface area contributed by atoms with Crippen LogP contribution in [0.25, 0.3) is 11.1 Å². The van der Waals surface area contributed by atoms with Gasteiger partial charge in [0.15, 0.2) is 0 Å². The maximum atomic E-state index is 11.9. The second-order valence-corrected chi connectivity index (χ2v) is 3.89. The Morgan fingerprint density at radius 2 is 1.72 bits per heavy atom. The summed E-state index contributed by atoms with van der Waals surface area (Å²) in [7, 11) is 1.53. The minimum atomic E-state index is -0.00492. The van der Waals surface area contributed by atoms with E-state index in [1.165, 1.54) is 7.11 Å². The zero-order chi connectivity index (χ0) is 12.3. The summed E-state index contributed by atoms with van der Waals surface area (Å²) in [6.07, 6.45) is 0.718. The van der Waals surface area contributed by atoms with Crippen LogP contribution < -0.4 is 61.2 Å². The maximum absolute atomic E-state index is 11.9. The van der Waals surface area contributed by atoms with E-state index in [-0.39, 0.29) is 57.1 Å². The molecule has 0 saturated heterocycles. The number of hydrogen-bond acceptors (Lipinski definition) is 2. The van der Waals surface area contributed by atoms with Crippen molar-refractivity contribution in [2.75, 3.05) is 7.11 Å². The van der Waals surface area contributed by atoms with Crippen LogP contribution in [0.1, 0.15) is 12.5 Å². The number of aryl methyl sites for hydroxylation is 1. The van der Waals surface area contributed by atoms with Crippen LogP contribution in [-0.4, -0.2) is 7.11 Å². The van der Waals surface area contributed by atoms with E-state index in [2.05, 4.69) is 0 Å². The summed E-state index contributed by atoms with van der Waals surface area (Å²) in [4.78, 5) is 0. The Morgan fingerprint density at radius 3 is 2.28 bits per heavy atom. The van der Waals surface area contributed by atoms with E-state index in [0.717, 1.165) is 23.1 Å². The molecule has 3 heteroatoms. The zero-order valence-electron chi connectivity index (χ0n) is 11.1. The molecule has 0 fully saturated rings. The number of ether oxygens (including phenoxy) is 1. The fraction of sp³-hybridized carbons (Fsp3) is 0.200. The minimum Gasteiger partial charge on any atom is -0.870 e. The molecule has 0 amide bonds. The van der Waals surface area contributed by atoms with Crippen LogP contribution >= 0.6 is 0 Å². The number of benzene rings is 2. The van der Waals surface area contributed by atoms with Crippen molar-refractivity contribution < 1.29 is 61.2 Å². The molecule has 18 heavy (non-hydrogen) atoms. The van der Waals surface area contributed by atoms with E-state index < -0.39 is 0 Å². The van der Waals surface area contributed by atoms with Gasteiger partial charge in [-0.3, -0.25) is 0 Å². The van der Waals surface area contributed by atoms with Gasteiger partial charge in [0, 0.05) is 0 Å². The Kier molecular flexibility index (Phi) is 6.39. The van der Waals surface area contributed by atoms with E-state index >= 15 is 0 Å². The summed E-state index contributed by atoms with van der Waals surface area (Å²) < 4.78 is 5.14. The Morgan fingerprint density at radius 1 is 1.06 bits per heavy atom. The predicted molar refractivity (Wildman–Crippen MR) is 67.3 cm³/mol. The molecule has 0 N–H and O–H groups in total. The molecule has 0 atom stereocenters. The molecule has 0 aliphatic carbocycles. The normalized spacial score (nSPS) is 9.67. The Labute approximate surface area is 150 Å². The second-order valence-electron chi connectivity index (χ2n) is 3.89. The van der Waals surface area contributed by atoms with Gasteiger partial charge in [0.05, 0.1) is 7.11 Å². The van der Waals surface area contributed by atoms with Crippen molar-refractivity contribution in [2.45, 2.75) is 13.3 Å². The van der Waals surface area contributed by atoms with Gasteiger partial charge in [-0.2, -0.15) is 0 Å². The fourth-order valence-electron chi connectivity index (χ4n) is 1.87. The first-order valence-corrected chi connectivity index (χ1v) is 5.69. The molecule has 0 aliphatic rings. The molecule has 0 unspecified atom stereocenters. The summed E-state index contributed by atoms with van der Waals surface area (Å²) in [5.74, 6) is 0.415. The standard InChI is InChI=1S/C15H16O2.K/c1-3-11-9-13(10-14(17-2)15(11)16)12-7-5-4-6-8-12;/h4-10,16H,3H2,1-2H3;/q;+1/p-1. The van der Waals surface area contributed by atoms with Crippen LogP contribution in [0, 0.1) is 0 Å². The molecular formula is C15H15KO2. The van der Waals surface area contributed by atoms with E-state index in [1.807, 2.05) is 43.3 Å². The van der Waals surface area contributed by atoms with Gasteiger partial charge in [0.1, 0.15) is 5.75 Å². The van der Waals surface area contributed by atoms with Crippen molar-refractivity contribution in [1.82, 2.24) is 0 Å². The molecule has 2 aromatic carbocycles. The van der Waals surface area contributed by atoms with Crippen LogP contribution in [-0.2, 0) is 6.42 Å². The molecule has 2 aromatic rings. The van der Waals surface area contributed by atoms with Crippen molar-refractivity contribution in [3.63, 3.8) is 0 Å². The molecule has 0 heterocycles. The summed E-state index contributed by atoms with van der Waals surface area (Å²) in [6, 6.07) is 13.7. The SMILES string of the molecule is CCc1cc(-c2ccccc2)cc(OC)c1[O-].[K+]. The molecule has 2 nitrogen and oxygen atoms in total. The van der Waals surface area contributed by atoms with Gasteiger partial charge in [-0.1, -0.05) is 54.6 Å². The Balaban J connectivity index is 0.00000162. The molecular weight excluding hydrogens is 251 g/mol. The van der Waals surface area contributed by atoms with E-state index in [4.69, 9.17) is 4.74 Å². The third-order valence-corrected chi connectivity index (χ3v) is 2.84. The summed E-state index contributed by atoms with van der Waals surface area (Å²) in [5.41, 5.74) is 2.92. The molecule has 2 rings (SSSR count). The molecule has 0 saturated carbocycles. The molecule has 88 valence electrons. The van der Waals surface area contributed by atoms with Gasteiger partial charge in [0.2, 0.25) is 0 Å². The first-order chi connectivity index (χ1) is 8.26. The van der Waals surface area contributed by atoms with Crippen LogP contribution in [0.15, 0.2) is 42.5 Å². The predicted octanol–water partition coefficient (Wildman–Crippen LogP) is 0.00220. The summed E-state index contributed by atoms with van der Waals surface area (Å²) in [6.45, 7) is 1.98. The van der Waals surface area contributed by atoms with Crippen molar-refractivity contribution in [3.8, 4) is 22.6 Å². The summed E-state index contributed by atoms with van der Waals surface area (Å²) >= 11 is 0. The van der Waals surface area contributed by atoms with Gasteiger partial charge in [-0.25, -0.2) is 0 Å². The third kappa shape index (κ3) is 3.37. The van der Waals surface area contributed by atoms with Crippen LogP contribution in [0.2, 0.25) is 0 Å². The van der Waals surface area contributed by atoms with Gasteiger partial charge < -0.3 is 9.84 Å². The van der Waals surface area contributed by atoms with Crippen molar-refractivity contribution in [2.24, 2.45) is 0 Å². The van der Waals surface area contributed by atoms with E-state index in [9.17, 15) is 5.11 Å². The van der Waals surface area contributed by atoms with Crippen LogP contribution in [0.3, 0.4) is 0 Å². The van der Waals surface area contributed by atoms with Gasteiger partial charge in [-0.05, 0) is 23.6 Å². The van der Waals surface area contributed by atoms with E-state index in [1.54, 1.807) is 6.07 Å². The van der Waals surface area contributed by atoms with Gasteiger partial charge >= 0.3 is 51.4 Å². The van der Waals surface area contributed by atoms with E-state index in [0.29, 0.717) is 5.75 Å². The topological polar surface area (TPSA) is 32.3 Å². The zero-order valence-corrected chi connectivity index (χ0v) is 14.2. The van der Waals surface area contributed by atoms with Crippen LogP contribution in [0.4, 0.5) is 0 Å². The minimum absolute atomic E-state index is 0. The fourth-order valence-corrected chi connectivity index (χ4v) is 1.87. The first kappa shape index (κ1) is 15.7. The average molecular weight is 266 g/mol. The molecule has 0 spiro atoms. The van der Waals surface area contributed by atoms with Crippen molar-refractivity contribution in [1.29, 1.82) is 0 Å². The number of methoxy groups -OCH3 is 1. The average Bonchev–Trinajstić information content (AvgIpc) is 2.40. The monoisotopic (exact) mass is 266 g/mol. The number of rotatable bonds is 3. The Bertz CT molecular complexity index is 484. The van der Waals surface area contributed by atoms with Crippen molar-refractivity contribution >= 4 is 0 Å². The maximum Gasteiger partial charge on any atom is 1.00 e. The van der Waals surface area contributed by atoms with Crippen molar-refractivity contribution in [3.05, 3.63) is 48.0 Å². The third-order valence-electron chi connectivity index (χ3n) is 2.84. The molecule has 0 bridgehead atoms. The largest absolute Gasteiger partial charge is 1.00 e. The molecule has 0 radical (unpaired) electrons. The smallest absolute Gasteiger partial charge is 0.870 e. The first-order valence-electron chi connectivity index (χ1n) is 5.69. The number of hydrogen-bond donors (Lipinski definition) is 0. The molecule has 0 aromatic heterocycles. The van der Waals surface area contributed by atoms with Crippen LogP contribution in [0.5, 0.6) is 11.5 Å². The summed E-state index contributed by atoms with van der Waals surface area (Å²) in [5, 5.41) is 11.9. The quantitative estimate of drug-likeness (QED) is 0.733.